The molecule has 0 radical (unpaired) electrons. The summed E-state index contributed by atoms with van der Waals surface area (Å²) < 4.78 is 5.23. The lowest BCUT2D eigenvalue weighted by Crippen LogP contribution is -2.32. The van der Waals surface area contributed by atoms with Crippen molar-refractivity contribution in [3.05, 3.63) is 71.0 Å². The van der Waals surface area contributed by atoms with E-state index in [9.17, 15) is 9.59 Å². The Kier molecular flexibility index (Phi) is 4.89. The van der Waals surface area contributed by atoms with Gasteiger partial charge in [-0.2, -0.15) is 0 Å². The average molecular weight is 416 g/mol. The third-order valence-corrected chi connectivity index (χ3v) is 5.68. The van der Waals surface area contributed by atoms with Gasteiger partial charge in [0.1, 0.15) is 0 Å². The summed E-state index contributed by atoms with van der Waals surface area (Å²) in [4.78, 5) is 29.5. The highest BCUT2D eigenvalue weighted by Gasteiger charge is 2.30. The second kappa shape index (κ2) is 7.86. The molecule has 3 heterocycles. The second-order valence-electron chi connectivity index (χ2n) is 7.98. The standard InChI is InChI=1S/C23H24N6O2/c1-27-15-17(19-6-2-3-7-20(19)27)13-21(30)25-11-12-28-23(31)29(18-8-9-18)22(26-28)16-5-4-10-24-14-16/h2-7,10,14-15,18H,8-9,11-13H2,1H3,(H,25,30). The molecule has 8 nitrogen and oxygen atoms in total. The Morgan fingerprint density at radius 3 is 2.81 bits per heavy atom. The molecule has 0 spiro atoms. The zero-order valence-electron chi connectivity index (χ0n) is 17.4. The molecule has 1 amide bonds. The Morgan fingerprint density at radius 2 is 2.03 bits per heavy atom. The second-order valence-corrected chi connectivity index (χ2v) is 7.98. The zero-order chi connectivity index (χ0) is 21.4. The molecule has 8 heteroatoms. The minimum absolute atomic E-state index is 0.0708. The number of hydrogen-bond acceptors (Lipinski definition) is 4. The van der Waals surface area contributed by atoms with Crippen LogP contribution in [0.3, 0.4) is 0 Å². The third-order valence-electron chi connectivity index (χ3n) is 5.68. The molecular weight excluding hydrogens is 392 g/mol. The first-order chi connectivity index (χ1) is 15.1. The van der Waals surface area contributed by atoms with E-state index >= 15 is 0 Å². The van der Waals surface area contributed by atoms with Crippen molar-refractivity contribution >= 4 is 16.8 Å². The summed E-state index contributed by atoms with van der Waals surface area (Å²) in [5.74, 6) is 0.571. The maximum Gasteiger partial charge on any atom is 0.346 e. The van der Waals surface area contributed by atoms with E-state index in [0.29, 0.717) is 25.3 Å². The van der Waals surface area contributed by atoms with E-state index < -0.39 is 0 Å². The number of carbonyl (C=O) groups is 1. The normalized spacial score (nSPS) is 13.6. The number of carbonyl (C=O) groups excluding carboxylic acids is 1. The molecule has 0 aliphatic heterocycles. The van der Waals surface area contributed by atoms with Crippen molar-refractivity contribution < 1.29 is 4.79 Å². The molecule has 3 aromatic heterocycles. The molecule has 0 atom stereocenters. The Bertz CT molecular complexity index is 1300. The van der Waals surface area contributed by atoms with Gasteiger partial charge in [0.25, 0.3) is 0 Å². The van der Waals surface area contributed by atoms with Gasteiger partial charge in [0.05, 0.1) is 13.0 Å². The van der Waals surface area contributed by atoms with Crippen LogP contribution in [-0.2, 0) is 24.8 Å². The first-order valence-corrected chi connectivity index (χ1v) is 10.5. The largest absolute Gasteiger partial charge is 0.354 e. The van der Waals surface area contributed by atoms with Crippen LogP contribution >= 0.6 is 0 Å². The van der Waals surface area contributed by atoms with Gasteiger partial charge in [-0.25, -0.2) is 9.48 Å². The molecule has 1 aliphatic carbocycles. The van der Waals surface area contributed by atoms with Crippen molar-refractivity contribution in [3.8, 4) is 11.4 Å². The molecule has 0 bridgehead atoms. The maximum atomic E-state index is 12.9. The fraction of sp³-hybridized carbons (Fsp3) is 0.304. The summed E-state index contributed by atoms with van der Waals surface area (Å²) in [5.41, 5.74) is 2.78. The quantitative estimate of drug-likeness (QED) is 0.501. The summed E-state index contributed by atoms with van der Waals surface area (Å²) in [6.45, 7) is 0.671. The molecule has 158 valence electrons. The molecule has 1 aliphatic rings. The number of fused-ring (bicyclic) bond motifs is 1. The Labute approximate surface area is 179 Å². The summed E-state index contributed by atoms with van der Waals surface area (Å²) in [5, 5.41) is 8.55. The summed E-state index contributed by atoms with van der Waals surface area (Å²) in [6.07, 6.45) is 7.68. The lowest BCUT2D eigenvalue weighted by Gasteiger charge is -2.04. The molecule has 1 aromatic carbocycles. The number of aryl methyl sites for hydroxylation is 1. The van der Waals surface area contributed by atoms with E-state index in [0.717, 1.165) is 34.9 Å². The summed E-state index contributed by atoms with van der Waals surface area (Å²) >= 11 is 0. The average Bonchev–Trinajstić information content (AvgIpc) is 3.50. The molecule has 1 saturated carbocycles. The van der Waals surface area contributed by atoms with Crippen molar-refractivity contribution in [2.45, 2.75) is 31.8 Å². The smallest absolute Gasteiger partial charge is 0.346 e. The number of rotatable bonds is 7. The lowest BCUT2D eigenvalue weighted by atomic mass is 10.1. The molecule has 0 unspecified atom stereocenters. The van der Waals surface area contributed by atoms with Gasteiger partial charge in [-0.15, -0.1) is 5.10 Å². The highest BCUT2D eigenvalue weighted by molar-refractivity contribution is 5.89. The fourth-order valence-corrected chi connectivity index (χ4v) is 4.02. The van der Waals surface area contributed by atoms with Crippen LogP contribution in [0.15, 0.2) is 59.8 Å². The van der Waals surface area contributed by atoms with Gasteiger partial charge < -0.3 is 9.88 Å². The van der Waals surface area contributed by atoms with E-state index in [2.05, 4.69) is 15.4 Å². The van der Waals surface area contributed by atoms with E-state index in [1.54, 1.807) is 17.0 Å². The van der Waals surface area contributed by atoms with E-state index in [1.807, 2.05) is 54.2 Å². The Morgan fingerprint density at radius 1 is 1.19 bits per heavy atom. The zero-order valence-corrected chi connectivity index (χ0v) is 17.4. The number of nitrogens with one attached hydrogen (secondary N) is 1. The van der Waals surface area contributed by atoms with Crippen LogP contribution in [0.4, 0.5) is 0 Å². The Hall–Kier alpha value is -3.68. The van der Waals surface area contributed by atoms with Crippen LogP contribution in [0, 0.1) is 0 Å². The number of aromatic nitrogens is 5. The highest BCUT2D eigenvalue weighted by Crippen LogP contribution is 2.36. The topological polar surface area (TPSA) is 86.7 Å². The van der Waals surface area contributed by atoms with Crippen molar-refractivity contribution in [1.29, 1.82) is 0 Å². The predicted octanol–water partition coefficient (Wildman–Crippen LogP) is 2.29. The summed E-state index contributed by atoms with van der Waals surface area (Å²) in [7, 11) is 1.98. The first-order valence-electron chi connectivity index (χ1n) is 10.5. The Balaban J connectivity index is 1.27. The number of pyridine rings is 1. The van der Waals surface area contributed by atoms with Gasteiger partial charge in [0, 0.05) is 54.7 Å². The van der Waals surface area contributed by atoms with Crippen molar-refractivity contribution in [2.75, 3.05) is 6.54 Å². The fourth-order valence-electron chi connectivity index (χ4n) is 4.02. The van der Waals surface area contributed by atoms with Crippen molar-refractivity contribution in [1.82, 2.24) is 29.2 Å². The third kappa shape index (κ3) is 3.76. The number of para-hydroxylation sites is 1. The molecule has 31 heavy (non-hydrogen) atoms. The summed E-state index contributed by atoms with van der Waals surface area (Å²) in [6, 6.07) is 12.0. The van der Waals surface area contributed by atoms with Crippen LogP contribution in [0.5, 0.6) is 0 Å². The van der Waals surface area contributed by atoms with Gasteiger partial charge in [-0.3, -0.25) is 14.3 Å². The van der Waals surface area contributed by atoms with Crippen LogP contribution in [-0.4, -0.2) is 36.4 Å². The first kappa shape index (κ1) is 19.3. The van der Waals surface area contributed by atoms with Crippen LogP contribution in [0.2, 0.25) is 0 Å². The number of amides is 1. The SMILES string of the molecule is Cn1cc(CC(=O)NCCn2nc(-c3cccnc3)n(C3CC3)c2=O)c2ccccc21. The predicted molar refractivity (Wildman–Crippen MR) is 118 cm³/mol. The minimum atomic E-state index is -0.135. The number of benzene rings is 1. The number of nitrogens with zero attached hydrogens (tertiary/aromatic N) is 5. The maximum absolute atomic E-state index is 12.9. The van der Waals surface area contributed by atoms with Crippen LogP contribution < -0.4 is 11.0 Å². The molecule has 1 N–H and O–H groups in total. The number of hydrogen-bond donors (Lipinski definition) is 1. The van der Waals surface area contributed by atoms with E-state index in [1.165, 1.54) is 4.68 Å². The molecule has 5 rings (SSSR count). The van der Waals surface area contributed by atoms with E-state index in [-0.39, 0.29) is 17.6 Å². The van der Waals surface area contributed by atoms with E-state index in [4.69, 9.17) is 0 Å². The van der Waals surface area contributed by atoms with Crippen molar-refractivity contribution in [3.63, 3.8) is 0 Å². The molecule has 0 saturated heterocycles. The minimum Gasteiger partial charge on any atom is -0.354 e. The van der Waals surface area contributed by atoms with Crippen LogP contribution in [0.1, 0.15) is 24.4 Å². The molecule has 4 aromatic rings. The molecule has 1 fully saturated rings. The lowest BCUT2D eigenvalue weighted by molar-refractivity contribution is -0.120. The highest BCUT2D eigenvalue weighted by atomic mass is 16.2. The molecular formula is C23H24N6O2. The van der Waals surface area contributed by atoms with Gasteiger partial charge in [-0.05, 0) is 36.6 Å². The van der Waals surface area contributed by atoms with Gasteiger partial charge in [-0.1, -0.05) is 18.2 Å². The monoisotopic (exact) mass is 416 g/mol. The van der Waals surface area contributed by atoms with Crippen molar-refractivity contribution in [2.24, 2.45) is 7.05 Å². The van der Waals surface area contributed by atoms with Gasteiger partial charge in [0.2, 0.25) is 5.91 Å². The van der Waals surface area contributed by atoms with Gasteiger partial charge >= 0.3 is 5.69 Å². The van der Waals surface area contributed by atoms with Gasteiger partial charge in [0.15, 0.2) is 5.82 Å². The van der Waals surface area contributed by atoms with Crippen LogP contribution in [0.25, 0.3) is 22.3 Å².